The van der Waals surface area contributed by atoms with Crippen molar-refractivity contribution < 1.29 is 27.1 Å². The molecule has 0 radical (unpaired) electrons. The van der Waals surface area contributed by atoms with Gasteiger partial charge in [0.15, 0.2) is 11.5 Å². The molecule has 25 heavy (non-hydrogen) atoms. The highest BCUT2D eigenvalue weighted by atomic mass is 32.2. The maximum atomic E-state index is 13.1. The lowest BCUT2D eigenvalue weighted by atomic mass is 10.2. The number of hydrogen-bond donors (Lipinski definition) is 0. The molecular formula is C16H13F3N2O3S. The van der Waals surface area contributed by atoms with Crippen LogP contribution in [0.5, 0.6) is 11.5 Å². The van der Waals surface area contributed by atoms with Crippen molar-refractivity contribution in [2.75, 3.05) is 14.2 Å². The Morgan fingerprint density at radius 3 is 2.44 bits per heavy atom. The minimum absolute atomic E-state index is 0.127. The third kappa shape index (κ3) is 3.65. The van der Waals surface area contributed by atoms with Crippen LogP contribution in [-0.4, -0.2) is 24.2 Å². The first-order valence-corrected chi connectivity index (χ1v) is 8.07. The summed E-state index contributed by atoms with van der Waals surface area (Å²) in [6, 6.07) is 6.43. The van der Waals surface area contributed by atoms with Gasteiger partial charge in [0.2, 0.25) is 5.82 Å². The zero-order chi connectivity index (χ0) is 18.0. The van der Waals surface area contributed by atoms with E-state index in [4.69, 9.17) is 13.9 Å². The molecule has 0 N–H and O–H groups in total. The number of furan rings is 1. The highest BCUT2D eigenvalue weighted by molar-refractivity contribution is 7.98. The first-order valence-electron chi connectivity index (χ1n) is 7.08. The molecular weight excluding hydrogens is 357 g/mol. The van der Waals surface area contributed by atoms with Crippen molar-refractivity contribution >= 4 is 22.7 Å². The Kier molecular flexibility index (Phi) is 4.76. The van der Waals surface area contributed by atoms with Gasteiger partial charge < -0.3 is 13.9 Å². The second-order valence-electron chi connectivity index (χ2n) is 4.94. The average Bonchev–Trinajstić information content (AvgIpc) is 3.10. The van der Waals surface area contributed by atoms with Gasteiger partial charge in [0.25, 0.3) is 0 Å². The van der Waals surface area contributed by atoms with E-state index in [0.717, 1.165) is 11.8 Å². The van der Waals surface area contributed by atoms with Crippen molar-refractivity contribution in [3.8, 4) is 11.5 Å². The van der Waals surface area contributed by atoms with Crippen LogP contribution < -0.4 is 9.47 Å². The fraction of sp³-hybridized carbons (Fsp3) is 0.250. The Balaban J connectivity index is 2.12. The number of aromatic nitrogens is 2. The van der Waals surface area contributed by atoms with Crippen molar-refractivity contribution in [3.63, 3.8) is 0 Å². The summed E-state index contributed by atoms with van der Waals surface area (Å²) < 4.78 is 55.0. The Labute approximate surface area is 145 Å². The summed E-state index contributed by atoms with van der Waals surface area (Å²) in [6.45, 7) is 0. The molecule has 0 bridgehead atoms. The van der Waals surface area contributed by atoms with E-state index >= 15 is 0 Å². The van der Waals surface area contributed by atoms with Crippen LogP contribution in [-0.2, 0) is 11.9 Å². The van der Waals surface area contributed by atoms with Crippen LogP contribution in [0.4, 0.5) is 13.2 Å². The van der Waals surface area contributed by atoms with E-state index in [9.17, 15) is 13.2 Å². The van der Waals surface area contributed by atoms with Crippen LogP contribution in [0, 0.1) is 0 Å². The summed E-state index contributed by atoms with van der Waals surface area (Å²) in [5, 5.41) is 0.636. The molecule has 9 heteroatoms. The minimum atomic E-state index is -4.65. The summed E-state index contributed by atoms with van der Waals surface area (Å²) >= 11 is 1.13. The van der Waals surface area contributed by atoms with Crippen LogP contribution in [0.3, 0.4) is 0 Å². The Bertz CT molecular complexity index is 882. The molecule has 0 aliphatic carbocycles. The average molecular weight is 370 g/mol. The lowest BCUT2D eigenvalue weighted by molar-refractivity contribution is -0.145. The topological polar surface area (TPSA) is 57.4 Å². The summed E-state index contributed by atoms with van der Waals surface area (Å²) in [5.74, 6) is 0.451. The van der Waals surface area contributed by atoms with Crippen molar-refractivity contribution in [2.45, 2.75) is 17.0 Å². The van der Waals surface area contributed by atoms with E-state index in [1.54, 1.807) is 18.2 Å². The van der Waals surface area contributed by atoms with Crippen LogP contribution in [0.25, 0.3) is 10.9 Å². The first-order chi connectivity index (χ1) is 11.9. The summed E-state index contributed by atoms with van der Waals surface area (Å²) in [7, 11) is 2.85. The zero-order valence-electron chi connectivity index (χ0n) is 13.3. The molecule has 0 unspecified atom stereocenters. The molecule has 2 aromatic heterocycles. The molecule has 0 aliphatic rings. The van der Waals surface area contributed by atoms with Crippen molar-refractivity contribution in [1.82, 2.24) is 9.97 Å². The Hall–Kier alpha value is -2.42. The highest BCUT2D eigenvalue weighted by Gasteiger charge is 2.35. The van der Waals surface area contributed by atoms with Gasteiger partial charge in [-0.2, -0.15) is 13.2 Å². The van der Waals surface area contributed by atoms with Gasteiger partial charge in [-0.1, -0.05) is 11.8 Å². The quantitative estimate of drug-likeness (QED) is 0.485. The number of rotatable bonds is 5. The zero-order valence-corrected chi connectivity index (χ0v) is 14.1. The number of halogens is 3. The fourth-order valence-corrected chi connectivity index (χ4v) is 3.11. The predicted molar refractivity (Wildman–Crippen MR) is 85.9 cm³/mol. The third-order valence-corrected chi connectivity index (χ3v) is 4.36. The van der Waals surface area contributed by atoms with Gasteiger partial charge in [-0.25, -0.2) is 9.97 Å². The van der Waals surface area contributed by atoms with Gasteiger partial charge in [0.1, 0.15) is 10.8 Å². The maximum Gasteiger partial charge on any atom is 0.451 e. The third-order valence-electron chi connectivity index (χ3n) is 3.35. The largest absolute Gasteiger partial charge is 0.493 e. The molecule has 5 nitrogen and oxygen atoms in total. The van der Waals surface area contributed by atoms with Crippen LogP contribution in [0.1, 0.15) is 11.6 Å². The number of alkyl halides is 3. The molecule has 3 rings (SSSR count). The molecule has 132 valence electrons. The number of thioether (sulfide) groups is 1. The fourth-order valence-electron chi connectivity index (χ4n) is 2.20. The maximum absolute atomic E-state index is 13.1. The lowest BCUT2D eigenvalue weighted by Crippen LogP contribution is -2.12. The monoisotopic (exact) mass is 370 g/mol. The van der Waals surface area contributed by atoms with Gasteiger partial charge in [0.05, 0.1) is 31.8 Å². The molecule has 2 heterocycles. The smallest absolute Gasteiger partial charge is 0.451 e. The van der Waals surface area contributed by atoms with Crippen molar-refractivity contribution in [1.29, 1.82) is 0 Å². The van der Waals surface area contributed by atoms with Gasteiger partial charge in [-0.05, 0) is 18.2 Å². The number of hydrogen-bond acceptors (Lipinski definition) is 6. The van der Waals surface area contributed by atoms with Crippen molar-refractivity contribution in [3.05, 3.63) is 42.1 Å². The molecule has 0 saturated carbocycles. The second kappa shape index (κ2) is 6.83. The van der Waals surface area contributed by atoms with Gasteiger partial charge in [0, 0.05) is 11.5 Å². The van der Waals surface area contributed by atoms with E-state index in [1.165, 1.54) is 26.5 Å². The highest BCUT2D eigenvalue weighted by Crippen LogP contribution is 2.38. The molecule has 0 amide bonds. The van der Waals surface area contributed by atoms with Crippen LogP contribution in [0.15, 0.2) is 40.0 Å². The minimum Gasteiger partial charge on any atom is -0.493 e. The predicted octanol–water partition coefficient (Wildman–Crippen LogP) is 4.55. The molecule has 0 atom stereocenters. The Morgan fingerprint density at radius 2 is 1.84 bits per heavy atom. The number of methoxy groups -OCH3 is 2. The van der Waals surface area contributed by atoms with E-state index in [-0.39, 0.29) is 10.5 Å². The molecule has 0 spiro atoms. The molecule has 1 aromatic carbocycles. The molecule has 3 aromatic rings. The summed E-state index contributed by atoms with van der Waals surface area (Å²) in [6.07, 6.45) is -3.15. The standard InChI is InChI=1S/C16H13F3N2O3S/c1-22-12-6-10-11(7-13(12)23-2)20-15(16(17,18)19)21-14(10)25-8-9-4-3-5-24-9/h3-7H,8H2,1-2H3. The van der Waals surface area contributed by atoms with Gasteiger partial charge in [-0.3, -0.25) is 0 Å². The summed E-state index contributed by atoms with van der Waals surface area (Å²) in [4.78, 5) is 7.32. The van der Waals surface area contributed by atoms with E-state index < -0.39 is 12.0 Å². The molecule has 0 fully saturated rings. The number of nitrogens with zero attached hydrogens (tertiary/aromatic N) is 2. The van der Waals surface area contributed by atoms with Crippen LogP contribution >= 0.6 is 11.8 Å². The van der Waals surface area contributed by atoms with Gasteiger partial charge in [-0.15, -0.1) is 0 Å². The van der Waals surface area contributed by atoms with Crippen LogP contribution in [0.2, 0.25) is 0 Å². The SMILES string of the molecule is COc1cc2nc(C(F)(F)F)nc(SCc3ccco3)c2cc1OC. The van der Waals surface area contributed by atoms with E-state index in [0.29, 0.717) is 28.4 Å². The number of ether oxygens (including phenoxy) is 2. The first kappa shape index (κ1) is 17.4. The number of fused-ring (bicyclic) bond motifs is 1. The van der Waals surface area contributed by atoms with E-state index in [2.05, 4.69) is 9.97 Å². The Morgan fingerprint density at radius 1 is 1.12 bits per heavy atom. The second-order valence-corrected chi connectivity index (χ2v) is 5.91. The van der Waals surface area contributed by atoms with Gasteiger partial charge >= 0.3 is 6.18 Å². The lowest BCUT2D eigenvalue weighted by Gasteiger charge is -2.13. The normalized spacial score (nSPS) is 11.7. The summed E-state index contributed by atoms with van der Waals surface area (Å²) in [5.41, 5.74) is 0.127. The molecule has 0 aliphatic heterocycles. The molecule has 0 saturated heterocycles. The van der Waals surface area contributed by atoms with Crippen molar-refractivity contribution in [2.24, 2.45) is 0 Å². The van der Waals surface area contributed by atoms with E-state index in [1.807, 2.05) is 0 Å². The number of benzene rings is 1.